The van der Waals surface area contributed by atoms with Crippen molar-refractivity contribution in [3.8, 4) is 39.9 Å². The molecule has 7 aromatic carbocycles. The molecule has 0 spiro atoms. The van der Waals surface area contributed by atoms with E-state index in [4.69, 9.17) is 19.4 Å². The van der Waals surface area contributed by atoms with Crippen LogP contribution < -0.4 is 0 Å². The Labute approximate surface area is 295 Å². The second kappa shape index (κ2) is 10.9. The number of aromatic nitrogens is 4. The molecule has 4 aromatic heterocycles. The van der Waals surface area contributed by atoms with Crippen LogP contribution in [0.3, 0.4) is 0 Å². The van der Waals surface area contributed by atoms with E-state index < -0.39 is 0 Å². The fraction of sp³-hybridized carbons (Fsp3) is 0. The summed E-state index contributed by atoms with van der Waals surface area (Å²) >= 11 is 1.78. The molecule has 0 aliphatic rings. The number of benzene rings is 7. The van der Waals surface area contributed by atoms with E-state index in [2.05, 4.69) is 132 Å². The van der Waals surface area contributed by atoms with Crippen molar-refractivity contribution in [3.63, 3.8) is 0 Å². The van der Waals surface area contributed by atoms with Crippen LogP contribution in [0.2, 0.25) is 0 Å². The van der Waals surface area contributed by atoms with Crippen LogP contribution >= 0.6 is 11.3 Å². The highest BCUT2D eigenvalue weighted by Gasteiger charge is 2.22. The van der Waals surface area contributed by atoms with E-state index in [1.165, 1.54) is 26.2 Å². The molecule has 0 aliphatic carbocycles. The van der Waals surface area contributed by atoms with E-state index in [1.54, 1.807) is 11.3 Å². The van der Waals surface area contributed by atoms with E-state index in [-0.39, 0.29) is 0 Å². The van der Waals surface area contributed by atoms with Gasteiger partial charge in [0, 0.05) is 58.4 Å². The fourth-order valence-corrected chi connectivity index (χ4v) is 8.85. The highest BCUT2D eigenvalue weighted by Crippen LogP contribution is 2.43. The van der Waals surface area contributed by atoms with Gasteiger partial charge in [-0.15, -0.1) is 11.3 Å². The highest BCUT2D eigenvalue weighted by atomic mass is 32.1. The summed E-state index contributed by atoms with van der Waals surface area (Å²) in [5.74, 6) is 1.88. The number of hydrogen-bond acceptors (Lipinski definition) is 5. The molecule has 0 N–H and O–H groups in total. The lowest BCUT2D eigenvalue weighted by atomic mass is 10.0. The molecule has 0 radical (unpaired) electrons. The summed E-state index contributed by atoms with van der Waals surface area (Å²) in [4.78, 5) is 15.5. The summed E-state index contributed by atoms with van der Waals surface area (Å²) < 4.78 is 11.5. The van der Waals surface area contributed by atoms with E-state index in [1.807, 2.05) is 30.3 Å². The second-order valence-electron chi connectivity index (χ2n) is 12.8. The van der Waals surface area contributed by atoms with Gasteiger partial charge in [-0.3, -0.25) is 0 Å². The maximum atomic E-state index is 6.80. The molecule has 0 atom stereocenters. The zero-order chi connectivity index (χ0) is 33.5. The standard InChI is InChI=1S/C45H26N4OS/c1-2-13-27(14-3-1)43-46-44(48-45(47-43)34-21-10-18-31-30-17-6-9-26-39(30)51-42(31)34)33-20-12-25-38-40(33)32-19-11-24-37(41(32)50-38)49-35-22-7-4-15-28(35)29-16-5-8-23-36(29)49/h1-26H. The van der Waals surface area contributed by atoms with Crippen LogP contribution in [0, 0.1) is 0 Å². The first-order chi connectivity index (χ1) is 25.3. The van der Waals surface area contributed by atoms with Crippen molar-refractivity contribution < 1.29 is 4.42 Å². The molecule has 5 nitrogen and oxygen atoms in total. The van der Waals surface area contributed by atoms with E-state index in [0.29, 0.717) is 17.5 Å². The summed E-state index contributed by atoms with van der Waals surface area (Å²) in [5, 5.41) is 6.85. The zero-order valence-corrected chi connectivity index (χ0v) is 27.9. The van der Waals surface area contributed by atoms with Gasteiger partial charge in [-0.2, -0.15) is 0 Å². The van der Waals surface area contributed by atoms with Gasteiger partial charge in [0.1, 0.15) is 5.58 Å². The minimum Gasteiger partial charge on any atom is -0.454 e. The van der Waals surface area contributed by atoms with Gasteiger partial charge >= 0.3 is 0 Å². The van der Waals surface area contributed by atoms with Crippen LogP contribution in [0.15, 0.2) is 162 Å². The van der Waals surface area contributed by atoms with Crippen molar-refractivity contribution in [2.75, 3.05) is 0 Å². The average Bonchev–Trinajstić information content (AvgIpc) is 3.88. The third kappa shape index (κ3) is 4.24. The quantitative estimate of drug-likeness (QED) is 0.187. The third-order valence-corrected chi connectivity index (χ3v) is 11.1. The number of fused-ring (bicyclic) bond motifs is 9. The highest BCUT2D eigenvalue weighted by molar-refractivity contribution is 7.26. The van der Waals surface area contributed by atoms with Crippen LogP contribution in [0.4, 0.5) is 0 Å². The van der Waals surface area contributed by atoms with Gasteiger partial charge < -0.3 is 8.98 Å². The Bertz CT molecular complexity index is 3100. The van der Waals surface area contributed by atoms with Crippen LogP contribution in [0.1, 0.15) is 0 Å². The molecule has 0 amide bonds. The molecule has 11 aromatic rings. The summed E-state index contributed by atoms with van der Waals surface area (Å²) in [6, 6.07) is 54.8. The Morgan fingerprint density at radius 2 is 1.04 bits per heavy atom. The molecule has 0 bridgehead atoms. The maximum absolute atomic E-state index is 6.80. The number of thiophene rings is 1. The largest absolute Gasteiger partial charge is 0.454 e. The van der Waals surface area contributed by atoms with Gasteiger partial charge in [0.25, 0.3) is 0 Å². The van der Waals surface area contributed by atoms with E-state index in [9.17, 15) is 0 Å². The molecule has 0 saturated carbocycles. The van der Waals surface area contributed by atoms with Crippen molar-refractivity contribution in [1.82, 2.24) is 19.5 Å². The lowest BCUT2D eigenvalue weighted by molar-refractivity contribution is 0.666. The van der Waals surface area contributed by atoms with Gasteiger partial charge in [-0.1, -0.05) is 121 Å². The Kier molecular flexibility index (Phi) is 6.05. The smallest absolute Gasteiger partial charge is 0.165 e. The first kappa shape index (κ1) is 28.2. The minimum absolute atomic E-state index is 0.604. The number of rotatable bonds is 4. The van der Waals surface area contributed by atoms with Crippen molar-refractivity contribution in [1.29, 1.82) is 0 Å². The molecule has 6 heteroatoms. The Hall–Kier alpha value is -6.63. The van der Waals surface area contributed by atoms with E-state index in [0.717, 1.165) is 60.0 Å². The maximum Gasteiger partial charge on any atom is 0.165 e. The van der Waals surface area contributed by atoms with Crippen LogP contribution in [-0.2, 0) is 0 Å². The van der Waals surface area contributed by atoms with Crippen molar-refractivity contribution in [2.45, 2.75) is 0 Å². The second-order valence-corrected chi connectivity index (χ2v) is 13.8. The lowest BCUT2D eigenvalue weighted by Crippen LogP contribution is -2.00. The predicted molar refractivity (Wildman–Crippen MR) is 211 cm³/mol. The van der Waals surface area contributed by atoms with Crippen molar-refractivity contribution in [3.05, 3.63) is 158 Å². The summed E-state index contributed by atoms with van der Waals surface area (Å²) in [5.41, 5.74) is 7.69. The van der Waals surface area contributed by atoms with Crippen LogP contribution in [0.25, 0.3) is 104 Å². The van der Waals surface area contributed by atoms with Crippen molar-refractivity contribution >= 4 is 75.3 Å². The molecule has 4 heterocycles. The molecular weight excluding hydrogens is 645 g/mol. The first-order valence-corrected chi connectivity index (χ1v) is 17.8. The fourth-order valence-electron chi connectivity index (χ4n) is 7.63. The molecule has 0 unspecified atom stereocenters. The van der Waals surface area contributed by atoms with Crippen molar-refractivity contribution in [2.24, 2.45) is 0 Å². The summed E-state index contributed by atoms with van der Waals surface area (Å²) in [6.45, 7) is 0. The Morgan fingerprint density at radius 3 is 1.84 bits per heavy atom. The first-order valence-electron chi connectivity index (χ1n) is 17.0. The van der Waals surface area contributed by atoms with Gasteiger partial charge in [-0.25, -0.2) is 15.0 Å². The number of para-hydroxylation sites is 3. The third-order valence-electron chi connectivity index (χ3n) is 9.88. The van der Waals surface area contributed by atoms with Gasteiger partial charge in [-0.05, 0) is 36.4 Å². The molecule has 238 valence electrons. The monoisotopic (exact) mass is 670 g/mol. The van der Waals surface area contributed by atoms with Gasteiger partial charge in [0.05, 0.1) is 16.7 Å². The molecule has 0 saturated heterocycles. The number of nitrogens with zero attached hydrogens (tertiary/aromatic N) is 4. The lowest BCUT2D eigenvalue weighted by Gasteiger charge is -2.10. The SMILES string of the molecule is c1ccc(-c2nc(-c3cccc4c3sc3ccccc34)nc(-c3cccc4oc5c(-n6c7ccccc7c7ccccc76)cccc5c34)n2)cc1. The number of hydrogen-bond donors (Lipinski definition) is 0. The van der Waals surface area contributed by atoms with E-state index >= 15 is 0 Å². The molecule has 11 rings (SSSR count). The summed E-state index contributed by atoms with van der Waals surface area (Å²) in [7, 11) is 0. The van der Waals surface area contributed by atoms with Crippen LogP contribution in [0.5, 0.6) is 0 Å². The average molecular weight is 671 g/mol. The molecule has 0 aliphatic heterocycles. The zero-order valence-electron chi connectivity index (χ0n) is 27.1. The molecule has 0 fully saturated rings. The van der Waals surface area contributed by atoms with Crippen LogP contribution in [-0.4, -0.2) is 19.5 Å². The topological polar surface area (TPSA) is 56.7 Å². The summed E-state index contributed by atoms with van der Waals surface area (Å²) in [6.07, 6.45) is 0. The normalized spacial score (nSPS) is 11.9. The molecule has 51 heavy (non-hydrogen) atoms. The molecular formula is C45H26N4OS. The van der Waals surface area contributed by atoms with Gasteiger partial charge in [0.15, 0.2) is 23.1 Å². The number of furan rings is 1. The van der Waals surface area contributed by atoms with Gasteiger partial charge in [0.2, 0.25) is 0 Å². The Balaban J connectivity index is 1.18. The minimum atomic E-state index is 0.604. The predicted octanol–water partition coefficient (Wildman–Crippen LogP) is 12.2. The Morgan fingerprint density at radius 1 is 0.451 bits per heavy atom.